The van der Waals surface area contributed by atoms with E-state index in [4.69, 9.17) is 0 Å². The lowest BCUT2D eigenvalue weighted by molar-refractivity contribution is -0.139. The van der Waals surface area contributed by atoms with Gasteiger partial charge in [0, 0.05) is 19.1 Å². The SMILES string of the molecule is C/C=N/NC(=O)C(O)(Cc1ccccc1)Cc1ccccc1. The fraction of sp³-hybridized carbons (Fsp3) is 0.222. The average molecular weight is 296 g/mol. The average Bonchev–Trinajstić information content (AvgIpc) is 2.54. The Morgan fingerprint density at radius 3 is 1.91 bits per heavy atom. The summed E-state index contributed by atoms with van der Waals surface area (Å²) in [5.74, 6) is -0.502. The van der Waals surface area contributed by atoms with Gasteiger partial charge in [-0.25, -0.2) is 5.43 Å². The Kier molecular flexibility index (Phi) is 5.44. The molecule has 0 heterocycles. The minimum Gasteiger partial charge on any atom is -0.379 e. The quantitative estimate of drug-likeness (QED) is 0.635. The first-order valence-corrected chi connectivity index (χ1v) is 7.22. The van der Waals surface area contributed by atoms with E-state index in [0.29, 0.717) is 0 Å². The number of nitrogens with zero attached hydrogens (tertiary/aromatic N) is 1. The summed E-state index contributed by atoms with van der Waals surface area (Å²) in [6.07, 6.45) is 1.94. The predicted molar refractivity (Wildman–Crippen MR) is 87.6 cm³/mol. The minimum absolute atomic E-state index is 0.230. The van der Waals surface area contributed by atoms with Crippen LogP contribution in [0.3, 0.4) is 0 Å². The zero-order chi connectivity index (χ0) is 15.8. The van der Waals surface area contributed by atoms with Crippen LogP contribution in [0.15, 0.2) is 65.8 Å². The molecule has 0 fully saturated rings. The van der Waals surface area contributed by atoms with Crippen molar-refractivity contribution in [1.29, 1.82) is 0 Å². The number of carbonyl (C=O) groups is 1. The van der Waals surface area contributed by atoms with Crippen LogP contribution in [0.25, 0.3) is 0 Å². The molecule has 2 N–H and O–H groups in total. The topological polar surface area (TPSA) is 61.7 Å². The highest BCUT2D eigenvalue weighted by atomic mass is 16.3. The highest BCUT2D eigenvalue weighted by Gasteiger charge is 2.36. The molecule has 0 aromatic heterocycles. The van der Waals surface area contributed by atoms with Crippen molar-refractivity contribution in [3.8, 4) is 0 Å². The van der Waals surface area contributed by atoms with Crippen molar-refractivity contribution in [2.24, 2.45) is 5.10 Å². The standard InChI is InChI=1S/C18H20N2O2/c1-2-19-20-17(21)18(22,13-15-9-5-3-6-10-15)14-16-11-7-4-8-12-16/h2-12,22H,13-14H2,1H3,(H,20,21)/b19-2+. The summed E-state index contributed by atoms with van der Waals surface area (Å²) in [6.45, 7) is 1.70. The molecule has 0 atom stereocenters. The molecule has 114 valence electrons. The number of hydrazone groups is 1. The molecule has 0 bridgehead atoms. The van der Waals surface area contributed by atoms with E-state index in [1.807, 2.05) is 60.7 Å². The van der Waals surface area contributed by atoms with Crippen LogP contribution < -0.4 is 5.43 Å². The summed E-state index contributed by atoms with van der Waals surface area (Å²) in [6, 6.07) is 18.9. The first-order valence-electron chi connectivity index (χ1n) is 7.22. The molecular formula is C18H20N2O2. The zero-order valence-corrected chi connectivity index (χ0v) is 12.6. The molecule has 2 aromatic rings. The predicted octanol–water partition coefficient (Wildman–Crippen LogP) is 2.32. The van der Waals surface area contributed by atoms with Gasteiger partial charge in [0.15, 0.2) is 5.60 Å². The van der Waals surface area contributed by atoms with Crippen molar-refractivity contribution in [2.45, 2.75) is 25.4 Å². The Balaban J connectivity index is 2.24. The third kappa shape index (κ3) is 4.27. The molecule has 0 radical (unpaired) electrons. The van der Waals surface area contributed by atoms with Crippen LogP contribution in [-0.4, -0.2) is 22.8 Å². The van der Waals surface area contributed by atoms with E-state index in [-0.39, 0.29) is 12.8 Å². The minimum atomic E-state index is -1.55. The van der Waals surface area contributed by atoms with E-state index in [2.05, 4.69) is 10.5 Å². The van der Waals surface area contributed by atoms with Gasteiger partial charge in [-0.05, 0) is 18.1 Å². The summed E-state index contributed by atoms with van der Waals surface area (Å²) in [7, 11) is 0. The van der Waals surface area contributed by atoms with Crippen LogP contribution in [0, 0.1) is 0 Å². The molecule has 0 unspecified atom stereocenters. The van der Waals surface area contributed by atoms with E-state index in [9.17, 15) is 9.90 Å². The van der Waals surface area contributed by atoms with Crippen molar-refractivity contribution in [1.82, 2.24) is 5.43 Å². The fourth-order valence-corrected chi connectivity index (χ4v) is 2.32. The number of amides is 1. The van der Waals surface area contributed by atoms with Gasteiger partial charge in [-0.15, -0.1) is 0 Å². The lowest BCUT2D eigenvalue weighted by Crippen LogP contribution is -2.48. The molecule has 0 saturated heterocycles. The number of carbonyl (C=O) groups excluding carboxylic acids is 1. The number of nitrogens with one attached hydrogen (secondary N) is 1. The van der Waals surface area contributed by atoms with Gasteiger partial charge < -0.3 is 5.11 Å². The maximum absolute atomic E-state index is 12.4. The second-order valence-electron chi connectivity index (χ2n) is 5.18. The van der Waals surface area contributed by atoms with E-state index in [1.54, 1.807) is 6.92 Å². The molecule has 2 rings (SSSR count). The summed E-state index contributed by atoms with van der Waals surface area (Å²) >= 11 is 0. The Morgan fingerprint density at radius 2 is 1.50 bits per heavy atom. The normalized spacial score (nSPS) is 11.5. The highest BCUT2D eigenvalue weighted by molar-refractivity contribution is 5.86. The number of benzene rings is 2. The van der Waals surface area contributed by atoms with Crippen molar-refractivity contribution in [2.75, 3.05) is 0 Å². The van der Waals surface area contributed by atoms with Gasteiger partial charge in [-0.3, -0.25) is 4.79 Å². The Hall–Kier alpha value is -2.46. The van der Waals surface area contributed by atoms with E-state index >= 15 is 0 Å². The first-order chi connectivity index (χ1) is 10.6. The van der Waals surface area contributed by atoms with Crippen molar-refractivity contribution in [3.63, 3.8) is 0 Å². The summed E-state index contributed by atoms with van der Waals surface area (Å²) in [5, 5.41) is 14.7. The number of hydrogen-bond donors (Lipinski definition) is 2. The molecule has 4 heteroatoms. The molecule has 0 saturated carbocycles. The van der Waals surface area contributed by atoms with Crippen LogP contribution in [0.4, 0.5) is 0 Å². The smallest absolute Gasteiger partial charge is 0.272 e. The van der Waals surface area contributed by atoms with Crippen molar-refractivity contribution in [3.05, 3.63) is 71.8 Å². The number of hydrogen-bond acceptors (Lipinski definition) is 3. The zero-order valence-electron chi connectivity index (χ0n) is 12.6. The maximum Gasteiger partial charge on any atom is 0.272 e. The van der Waals surface area contributed by atoms with E-state index in [1.165, 1.54) is 6.21 Å². The molecule has 22 heavy (non-hydrogen) atoms. The molecule has 0 spiro atoms. The Labute approximate surface area is 130 Å². The third-order valence-electron chi connectivity index (χ3n) is 3.40. The van der Waals surface area contributed by atoms with Gasteiger partial charge in [0.2, 0.25) is 0 Å². The largest absolute Gasteiger partial charge is 0.379 e. The first kappa shape index (κ1) is 15.9. The van der Waals surface area contributed by atoms with Gasteiger partial charge in [0.05, 0.1) is 0 Å². The third-order valence-corrected chi connectivity index (χ3v) is 3.40. The number of aliphatic hydroxyl groups is 1. The maximum atomic E-state index is 12.4. The van der Waals surface area contributed by atoms with Gasteiger partial charge in [-0.2, -0.15) is 5.10 Å². The summed E-state index contributed by atoms with van der Waals surface area (Å²) in [5.41, 5.74) is 2.65. The van der Waals surface area contributed by atoms with Crippen molar-refractivity contribution < 1.29 is 9.90 Å². The lowest BCUT2D eigenvalue weighted by atomic mass is 9.87. The second kappa shape index (κ2) is 7.52. The van der Waals surface area contributed by atoms with Crippen LogP contribution in [0.5, 0.6) is 0 Å². The fourth-order valence-electron chi connectivity index (χ4n) is 2.32. The summed E-state index contributed by atoms with van der Waals surface area (Å²) < 4.78 is 0. The number of rotatable bonds is 6. The molecule has 0 aliphatic carbocycles. The second-order valence-corrected chi connectivity index (χ2v) is 5.18. The van der Waals surface area contributed by atoms with Gasteiger partial charge >= 0.3 is 0 Å². The molecule has 0 aliphatic heterocycles. The Bertz CT molecular complexity index is 583. The Morgan fingerprint density at radius 1 is 1.05 bits per heavy atom. The molecular weight excluding hydrogens is 276 g/mol. The van der Waals surface area contributed by atoms with Gasteiger partial charge in [0.25, 0.3) is 5.91 Å². The van der Waals surface area contributed by atoms with Crippen LogP contribution in [0.1, 0.15) is 18.1 Å². The van der Waals surface area contributed by atoms with E-state index in [0.717, 1.165) is 11.1 Å². The van der Waals surface area contributed by atoms with E-state index < -0.39 is 11.5 Å². The van der Waals surface area contributed by atoms with Crippen LogP contribution in [0.2, 0.25) is 0 Å². The molecule has 4 nitrogen and oxygen atoms in total. The monoisotopic (exact) mass is 296 g/mol. The van der Waals surface area contributed by atoms with Crippen molar-refractivity contribution >= 4 is 12.1 Å². The van der Waals surface area contributed by atoms with Crippen LogP contribution >= 0.6 is 0 Å². The highest BCUT2D eigenvalue weighted by Crippen LogP contribution is 2.20. The van der Waals surface area contributed by atoms with Gasteiger partial charge in [-0.1, -0.05) is 60.7 Å². The molecule has 2 aromatic carbocycles. The lowest BCUT2D eigenvalue weighted by Gasteiger charge is -2.26. The molecule has 0 aliphatic rings. The summed E-state index contributed by atoms with van der Waals surface area (Å²) in [4.78, 5) is 12.4. The molecule has 1 amide bonds. The van der Waals surface area contributed by atoms with Crippen LogP contribution in [-0.2, 0) is 17.6 Å². The van der Waals surface area contributed by atoms with Gasteiger partial charge in [0.1, 0.15) is 0 Å².